The average molecular weight is 300 g/mol. The predicted octanol–water partition coefficient (Wildman–Crippen LogP) is 4.13. The molecule has 0 aliphatic rings. The Morgan fingerprint density at radius 1 is 1.24 bits per heavy atom. The molecule has 5 heteroatoms. The quantitative estimate of drug-likeness (QED) is 0.823. The molecule has 0 unspecified atom stereocenters. The minimum Gasteiger partial charge on any atom is -0.480 e. The Labute approximate surface area is 123 Å². The predicted molar refractivity (Wildman–Crippen MR) is 77.0 cm³/mol. The van der Waals surface area contributed by atoms with E-state index in [1.54, 1.807) is 12.1 Å². The second-order valence-corrected chi connectivity index (χ2v) is 5.75. The second-order valence-electron chi connectivity index (χ2n) is 5.75. The van der Waals surface area contributed by atoms with E-state index in [0.717, 1.165) is 5.56 Å². The van der Waals surface area contributed by atoms with E-state index in [2.05, 4.69) is 4.74 Å². The van der Waals surface area contributed by atoms with Crippen LogP contribution in [0.15, 0.2) is 18.2 Å². The normalized spacial score (nSPS) is 12.2. The maximum atomic E-state index is 14.2. The van der Waals surface area contributed by atoms with Crippen LogP contribution in [0.3, 0.4) is 0 Å². The van der Waals surface area contributed by atoms with Crippen molar-refractivity contribution < 1.29 is 23.4 Å². The summed E-state index contributed by atoms with van der Waals surface area (Å²) in [4.78, 5) is 10.3. The molecular formula is C16H22F2O3. The molecule has 0 bridgehead atoms. The summed E-state index contributed by atoms with van der Waals surface area (Å²) in [6.45, 7) is 6.07. The van der Waals surface area contributed by atoms with Crippen LogP contribution in [0.4, 0.5) is 8.78 Å². The van der Waals surface area contributed by atoms with Crippen LogP contribution in [0.25, 0.3) is 0 Å². The van der Waals surface area contributed by atoms with Crippen molar-refractivity contribution in [1.29, 1.82) is 0 Å². The van der Waals surface area contributed by atoms with Crippen molar-refractivity contribution in [2.75, 3.05) is 13.2 Å². The van der Waals surface area contributed by atoms with Crippen molar-refractivity contribution in [3.8, 4) is 0 Å². The van der Waals surface area contributed by atoms with Gasteiger partial charge in [0.05, 0.1) is 0 Å². The third kappa shape index (κ3) is 4.77. The number of carboxylic acids is 1. The molecule has 0 radical (unpaired) electrons. The molecule has 1 rings (SSSR count). The Balaban J connectivity index is 3.06. The van der Waals surface area contributed by atoms with E-state index < -0.39 is 25.1 Å². The molecule has 3 nitrogen and oxygen atoms in total. The van der Waals surface area contributed by atoms with Gasteiger partial charge in [0.1, 0.15) is 13.2 Å². The highest BCUT2D eigenvalue weighted by Gasteiger charge is 2.35. The number of rotatable bonds is 7. The number of hydrogen-bond donors (Lipinski definition) is 1. The fraction of sp³-hybridized carbons (Fsp3) is 0.562. The largest absolute Gasteiger partial charge is 0.480 e. The van der Waals surface area contributed by atoms with E-state index in [1.807, 2.05) is 27.7 Å². The topological polar surface area (TPSA) is 46.5 Å². The van der Waals surface area contributed by atoms with Gasteiger partial charge in [0.25, 0.3) is 5.92 Å². The number of aliphatic carboxylic acids is 1. The number of carbonyl (C=O) groups is 1. The number of alkyl halides is 2. The molecule has 0 aliphatic carbocycles. The smallest absolute Gasteiger partial charge is 0.329 e. The average Bonchev–Trinajstić information content (AvgIpc) is 2.37. The minimum atomic E-state index is -3.20. The third-order valence-corrected chi connectivity index (χ3v) is 3.27. The lowest BCUT2D eigenvalue weighted by atomic mass is 9.89. The van der Waals surface area contributed by atoms with Crippen molar-refractivity contribution >= 4 is 5.97 Å². The van der Waals surface area contributed by atoms with Crippen LogP contribution < -0.4 is 0 Å². The summed E-state index contributed by atoms with van der Waals surface area (Å²) in [7, 11) is 0. The highest BCUT2D eigenvalue weighted by Crippen LogP contribution is 2.36. The van der Waals surface area contributed by atoms with Crippen molar-refractivity contribution in [2.45, 2.75) is 45.5 Å². The van der Waals surface area contributed by atoms with Crippen LogP contribution in [0.1, 0.15) is 56.2 Å². The monoisotopic (exact) mass is 300 g/mol. The molecule has 1 aromatic carbocycles. The lowest BCUT2D eigenvalue weighted by molar-refractivity contribution is -0.147. The summed E-state index contributed by atoms with van der Waals surface area (Å²) >= 11 is 0. The molecule has 0 saturated heterocycles. The standard InChI is InChI=1S/C16H22F2O3/c1-10(2)12-5-6-14(13(7-12)11(3)4)16(17,18)9-21-8-15(19)20/h5-7,10-11H,8-9H2,1-4H3,(H,19,20). The van der Waals surface area contributed by atoms with Crippen molar-refractivity contribution in [2.24, 2.45) is 0 Å². The Hall–Kier alpha value is -1.49. The first-order chi connectivity index (χ1) is 9.65. The van der Waals surface area contributed by atoms with Gasteiger partial charge >= 0.3 is 5.97 Å². The fourth-order valence-electron chi connectivity index (χ4n) is 2.10. The van der Waals surface area contributed by atoms with Crippen molar-refractivity contribution in [1.82, 2.24) is 0 Å². The van der Waals surface area contributed by atoms with Gasteiger partial charge in [0, 0.05) is 5.56 Å². The van der Waals surface area contributed by atoms with Crippen LogP contribution in [0.2, 0.25) is 0 Å². The van der Waals surface area contributed by atoms with E-state index in [-0.39, 0.29) is 17.4 Å². The molecule has 1 aromatic rings. The first kappa shape index (κ1) is 17.6. The molecule has 0 aliphatic heterocycles. The van der Waals surface area contributed by atoms with E-state index >= 15 is 0 Å². The molecule has 0 saturated carbocycles. The zero-order chi connectivity index (χ0) is 16.2. The third-order valence-electron chi connectivity index (χ3n) is 3.27. The summed E-state index contributed by atoms with van der Waals surface area (Å²) in [5, 5.41) is 8.45. The zero-order valence-corrected chi connectivity index (χ0v) is 12.8. The summed E-state index contributed by atoms with van der Waals surface area (Å²) in [6.07, 6.45) is 0. The zero-order valence-electron chi connectivity index (χ0n) is 12.8. The summed E-state index contributed by atoms with van der Waals surface area (Å²) < 4.78 is 33.1. The number of benzene rings is 1. The maximum absolute atomic E-state index is 14.2. The first-order valence-electron chi connectivity index (χ1n) is 6.96. The van der Waals surface area contributed by atoms with Gasteiger partial charge in [-0.05, 0) is 23.0 Å². The highest BCUT2D eigenvalue weighted by atomic mass is 19.3. The van der Waals surface area contributed by atoms with Crippen LogP contribution in [-0.2, 0) is 15.5 Å². The molecule has 118 valence electrons. The second kappa shape index (κ2) is 6.98. The van der Waals surface area contributed by atoms with Crippen LogP contribution >= 0.6 is 0 Å². The van der Waals surface area contributed by atoms with Crippen LogP contribution in [0.5, 0.6) is 0 Å². The molecule has 0 atom stereocenters. The van der Waals surface area contributed by atoms with Gasteiger partial charge in [-0.2, -0.15) is 8.78 Å². The number of carboxylic acid groups (broad SMARTS) is 1. The van der Waals surface area contributed by atoms with Gasteiger partial charge in [-0.25, -0.2) is 4.79 Å². The van der Waals surface area contributed by atoms with E-state index in [9.17, 15) is 13.6 Å². The Morgan fingerprint density at radius 2 is 1.86 bits per heavy atom. The summed E-state index contributed by atoms with van der Waals surface area (Å²) in [5.41, 5.74) is 1.49. The van der Waals surface area contributed by atoms with Crippen molar-refractivity contribution in [3.05, 3.63) is 34.9 Å². The van der Waals surface area contributed by atoms with Gasteiger partial charge in [-0.1, -0.05) is 45.9 Å². The molecular weight excluding hydrogens is 278 g/mol. The molecule has 0 spiro atoms. The Kier molecular flexibility index (Phi) is 5.84. The Bertz CT molecular complexity index is 496. The van der Waals surface area contributed by atoms with Gasteiger partial charge in [0.15, 0.2) is 0 Å². The SMILES string of the molecule is CC(C)c1ccc(C(F)(F)COCC(=O)O)c(C(C)C)c1. The van der Waals surface area contributed by atoms with E-state index in [0.29, 0.717) is 5.56 Å². The molecule has 1 N–H and O–H groups in total. The first-order valence-corrected chi connectivity index (χ1v) is 6.96. The number of ether oxygens (including phenoxy) is 1. The fourth-order valence-corrected chi connectivity index (χ4v) is 2.10. The van der Waals surface area contributed by atoms with Crippen LogP contribution in [0, 0.1) is 0 Å². The van der Waals surface area contributed by atoms with Gasteiger partial charge in [-0.3, -0.25) is 0 Å². The molecule has 21 heavy (non-hydrogen) atoms. The molecule has 0 aromatic heterocycles. The van der Waals surface area contributed by atoms with E-state index in [1.165, 1.54) is 6.07 Å². The van der Waals surface area contributed by atoms with Gasteiger partial charge in [0.2, 0.25) is 0 Å². The lowest BCUT2D eigenvalue weighted by Crippen LogP contribution is -2.25. The molecule has 0 amide bonds. The Morgan fingerprint density at radius 3 is 2.33 bits per heavy atom. The van der Waals surface area contributed by atoms with Crippen molar-refractivity contribution in [3.63, 3.8) is 0 Å². The number of hydrogen-bond acceptors (Lipinski definition) is 2. The maximum Gasteiger partial charge on any atom is 0.329 e. The van der Waals surface area contributed by atoms with Gasteiger partial charge in [-0.15, -0.1) is 0 Å². The van der Waals surface area contributed by atoms with Gasteiger partial charge < -0.3 is 9.84 Å². The summed E-state index contributed by atoms with van der Waals surface area (Å²) in [5.74, 6) is -4.26. The van der Waals surface area contributed by atoms with E-state index in [4.69, 9.17) is 5.11 Å². The minimum absolute atomic E-state index is 0.0518. The number of halogens is 2. The summed E-state index contributed by atoms with van der Waals surface area (Å²) in [6, 6.07) is 4.92. The van der Waals surface area contributed by atoms with Crippen LogP contribution in [-0.4, -0.2) is 24.3 Å². The molecule has 0 heterocycles. The molecule has 0 fully saturated rings. The highest BCUT2D eigenvalue weighted by molar-refractivity contribution is 5.68. The lowest BCUT2D eigenvalue weighted by Gasteiger charge is -2.23.